The molecule has 0 unspecified atom stereocenters. The zero-order chi connectivity index (χ0) is 20.5. The van der Waals surface area contributed by atoms with Crippen molar-refractivity contribution in [3.05, 3.63) is 59.7 Å². The van der Waals surface area contributed by atoms with Gasteiger partial charge in [-0.2, -0.15) is 23.3 Å². The molecule has 1 aliphatic heterocycles. The van der Waals surface area contributed by atoms with E-state index in [1.165, 1.54) is 50.6 Å². The number of hydrazone groups is 1. The average Bonchev–Trinajstić information content (AvgIpc) is 3.06. The maximum atomic E-state index is 13.3. The third-order valence-corrected chi connectivity index (χ3v) is 4.35. The number of carbonyl (C=O) groups is 1. The summed E-state index contributed by atoms with van der Waals surface area (Å²) in [5.41, 5.74) is -3.51. The van der Waals surface area contributed by atoms with Gasteiger partial charge in [-0.15, -0.1) is 0 Å². The highest BCUT2D eigenvalue weighted by Crippen LogP contribution is 2.41. The molecule has 148 valence electrons. The average molecular weight is 394 g/mol. The van der Waals surface area contributed by atoms with Crippen LogP contribution in [-0.4, -0.2) is 42.1 Å². The number of nitrogens with zero attached hydrogens (tertiary/aromatic N) is 2. The number of benzene rings is 2. The second kappa shape index (κ2) is 7.16. The number of ether oxygens (including phenoxy) is 2. The van der Waals surface area contributed by atoms with E-state index in [0.717, 1.165) is 0 Å². The molecule has 0 radical (unpaired) electrons. The van der Waals surface area contributed by atoms with E-state index < -0.39 is 29.9 Å². The summed E-state index contributed by atoms with van der Waals surface area (Å²) in [6.45, 7) is 0. The van der Waals surface area contributed by atoms with Crippen LogP contribution in [0.3, 0.4) is 0 Å². The molecule has 0 aromatic heterocycles. The van der Waals surface area contributed by atoms with Crippen molar-refractivity contribution in [3.8, 4) is 11.5 Å². The van der Waals surface area contributed by atoms with Crippen molar-refractivity contribution >= 4 is 11.6 Å². The Morgan fingerprint density at radius 1 is 1.11 bits per heavy atom. The van der Waals surface area contributed by atoms with E-state index in [4.69, 9.17) is 9.47 Å². The predicted octanol–water partition coefficient (Wildman–Crippen LogP) is 3.31. The first-order valence-electron chi connectivity index (χ1n) is 8.19. The largest absolute Gasteiger partial charge is 0.497 e. The molecule has 1 N–H and O–H groups in total. The van der Waals surface area contributed by atoms with Crippen LogP contribution < -0.4 is 9.47 Å². The molecule has 1 aliphatic rings. The van der Waals surface area contributed by atoms with Gasteiger partial charge in [-0.1, -0.05) is 18.2 Å². The van der Waals surface area contributed by atoms with Gasteiger partial charge in [-0.25, -0.2) is 0 Å². The number of aliphatic hydroxyl groups is 1. The van der Waals surface area contributed by atoms with Crippen LogP contribution in [0.15, 0.2) is 53.6 Å². The fourth-order valence-electron chi connectivity index (χ4n) is 2.89. The van der Waals surface area contributed by atoms with E-state index in [9.17, 15) is 23.1 Å². The topological polar surface area (TPSA) is 71.4 Å². The van der Waals surface area contributed by atoms with E-state index in [2.05, 4.69) is 5.10 Å². The van der Waals surface area contributed by atoms with Crippen LogP contribution in [0.2, 0.25) is 0 Å². The minimum Gasteiger partial charge on any atom is -0.497 e. The van der Waals surface area contributed by atoms with Gasteiger partial charge in [0.15, 0.2) is 5.72 Å². The lowest BCUT2D eigenvalue weighted by Gasteiger charge is -2.31. The lowest BCUT2D eigenvalue weighted by Crippen LogP contribution is -2.43. The van der Waals surface area contributed by atoms with Crippen LogP contribution in [0.4, 0.5) is 13.2 Å². The molecular formula is C19H17F3N2O4. The minimum atomic E-state index is -4.80. The van der Waals surface area contributed by atoms with Crippen LogP contribution >= 0.6 is 0 Å². The van der Waals surface area contributed by atoms with Gasteiger partial charge >= 0.3 is 6.18 Å². The summed E-state index contributed by atoms with van der Waals surface area (Å²) in [7, 11) is 2.78. The smallest absolute Gasteiger partial charge is 0.431 e. The van der Waals surface area contributed by atoms with Crippen molar-refractivity contribution in [3.63, 3.8) is 0 Å². The highest BCUT2D eigenvalue weighted by molar-refractivity contribution is 6.00. The number of rotatable bonds is 4. The molecule has 0 saturated heterocycles. The fraction of sp³-hybridized carbons (Fsp3) is 0.263. The summed E-state index contributed by atoms with van der Waals surface area (Å²) >= 11 is 0. The summed E-state index contributed by atoms with van der Waals surface area (Å²) in [5, 5.41) is 15.0. The molecule has 0 aliphatic carbocycles. The maximum absolute atomic E-state index is 13.3. The molecule has 0 spiro atoms. The normalized spacial score (nSPS) is 19.4. The van der Waals surface area contributed by atoms with Gasteiger partial charge in [0, 0.05) is 11.1 Å². The minimum absolute atomic E-state index is 0.0212. The summed E-state index contributed by atoms with van der Waals surface area (Å²) < 4.78 is 50.0. The lowest BCUT2D eigenvalue weighted by atomic mass is 9.96. The van der Waals surface area contributed by atoms with E-state index in [0.29, 0.717) is 16.5 Å². The Balaban J connectivity index is 2.09. The van der Waals surface area contributed by atoms with Crippen molar-refractivity contribution in [1.82, 2.24) is 5.01 Å². The second-order valence-corrected chi connectivity index (χ2v) is 6.12. The van der Waals surface area contributed by atoms with Crippen LogP contribution in [0.25, 0.3) is 0 Å². The van der Waals surface area contributed by atoms with Gasteiger partial charge in [0.05, 0.1) is 20.6 Å². The zero-order valence-electron chi connectivity index (χ0n) is 15.0. The van der Waals surface area contributed by atoms with Crippen molar-refractivity contribution in [2.45, 2.75) is 18.3 Å². The Morgan fingerprint density at radius 2 is 1.71 bits per heavy atom. The number of alkyl halides is 3. The lowest BCUT2D eigenvalue weighted by molar-refractivity contribution is -0.0816. The Bertz CT molecular complexity index is 929. The number of hydrogen-bond acceptors (Lipinski definition) is 5. The molecule has 0 bridgehead atoms. The Kier molecular flexibility index (Phi) is 5.03. The third-order valence-electron chi connectivity index (χ3n) is 4.35. The summed E-state index contributed by atoms with van der Waals surface area (Å²) in [4.78, 5) is 12.9. The van der Waals surface area contributed by atoms with Gasteiger partial charge in [0.25, 0.3) is 5.91 Å². The highest BCUT2D eigenvalue weighted by atomic mass is 19.4. The summed E-state index contributed by atoms with van der Waals surface area (Å²) in [6, 6.07) is 11.7. The Morgan fingerprint density at radius 3 is 2.32 bits per heavy atom. The van der Waals surface area contributed by atoms with Crippen LogP contribution in [0.1, 0.15) is 22.3 Å². The number of hydrogen-bond donors (Lipinski definition) is 1. The molecule has 1 atom stereocenters. The molecule has 2 aromatic rings. The number of amides is 1. The number of halogens is 3. The standard InChI is InChI=1S/C19H17F3N2O4/c1-27-14-7-3-5-12(9-14)17(25)24-18(26,11-16(23-24)19(20,21)22)13-6-4-8-15(10-13)28-2/h3-10,26H,11H2,1-2H3/t18-/m1/s1. The van der Waals surface area contributed by atoms with E-state index >= 15 is 0 Å². The van der Waals surface area contributed by atoms with Gasteiger partial charge in [-0.05, 0) is 30.3 Å². The first-order chi connectivity index (χ1) is 13.2. The molecule has 3 rings (SSSR count). The molecule has 6 nitrogen and oxygen atoms in total. The van der Waals surface area contributed by atoms with Gasteiger partial charge in [0.1, 0.15) is 17.2 Å². The molecular weight excluding hydrogens is 377 g/mol. The van der Waals surface area contributed by atoms with Gasteiger partial charge in [0.2, 0.25) is 0 Å². The van der Waals surface area contributed by atoms with Crippen LogP contribution in [-0.2, 0) is 5.72 Å². The molecule has 28 heavy (non-hydrogen) atoms. The van der Waals surface area contributed by atoms with Crippen molar-refractivity contribution in [2.24, 2.45) is 5.10 Å². The highest BCUT2D eigenvalue weighted by Gasteiger charge is 2.53. The molecule has 0 saturated carbocycles. The Hall–Kier alpha value is -3.07. The second-order valence-electron chi connectivity index (χ2n) is 6.12. The molecule has 1 heterocycles. The molecule has 0 fully saturated rings. The molecule has 9 heteroatoms. The third kappa shape index (κ3) is 3.53. The Labute approximate surface area is 158 Å². The number of methoxy groups -OCH3 is 2. The monoisotopic (exact) mass is 394 g/mol. The van der Waals surface area contributed by atoms with Crippen molar-refractivity contribution < 1.29 is 32.5 Å². The number of carbonyl (C=O) groups excluding carboxylic acids is 1. The first-order valence-corrected chi connectivity index (χ1v) is 8.19. The molecule has 2 aromatic carbocycles. The van der Waals surface area contributed by atoms with E-state index in [-0.39, 0.29) is 11.1 Å². The SMILES string of the molecule is COc1cccc(C(=O)N2N=C(C(F)(F)F)C[C@@]2(O)c2cccc(OC)c2)c1. The van der Waals surface area contributed by atoms with E-state index in [1.807, 2.05) is 0 Å². The fourth-order valence-corrected chi connectivity index (χ4v) is 2.89. The summed E-state index contributed by atoms with van der Waals surface area (Å²) in [6.07, 6.45) is -5.70. The zero-order valence-corrected chi connectivity index (χ0v) is 15.0. The summed E-state index contributed by atoms with van der Waals surface area (Å²) in [5.74, 6) is -0.237. The maximum Gasteiger partial charge on any atom is 0.431 e. The molecule has 1 amide bonds. The quantitative estimate of drug-likeness (QED) is 0.864. The van der Waals surface area contributed by atoms with Crippen LogP contribution in [0.5, 0.6) is 11.5 Å². The predicted molar refractivity (Wildman–Crippen MR) is 94.2 cm³/mol. The van der Waals surface area contributed by atoms with Gasteiger partial charge < -0.3 is 14.6 Å². The van der Waals surface area contributed by atoms with Crippen LogP contribution in [0, 0.1) is 0 Å². The van der Waals surface area contributed by atoms with E-state index in [1.54, 1.807) is 12.1 Å². The first kappa shape index (κ1) is 19.7. The van der Waals surface area contributed by atoms with Crippen molar-refractivity contribution in [2.75, 3.05) is 14.2 Å². The van der Waals surface area contributed by atoms with Gasteiger partial charge in [-0.3, -0.25) is 4.79 Å². The van der Waals surface area contributed by atoms with Crippen molar-refractivity contribution in [1.29, 1.82) is 0 Å².